The number of rotatable bonds is 5. The zero-order valence-electron chi connectivity index (χ0n) is 12.1. The predicted octanol–water partition coefficient (Wildman–Crippen LogP) is 1.25. The first kappa shape index (κ1) is 15.3. The van der Waals surface area contributed by atoms with E-state index in [-0.39, 0.29) is 5.91 Å². The molecule has 0 saturated carbocycles. The monoisotopic (exact) mass is 293 g/mol. The van der Waals surface area contributed by atoms with Gasteiger partial charge in [0, 0.05) is 6.54 Å². The van der Waals surface area contributed by atoms with Crippen molar-refractivity contribution in [2.24, 2.45) is 0 Å². The van der Waals surface area contributed by atoms with E-state index in [0.717, 1.165) is 16.9 Å². The summed E-state index contributed by atoms with van der Waals surface area (Å²) in [7, 11) is 1.59. The van der Waals surface area contributed by atoms with Gasteiger partial charge < -0.3 is 19.9 Å². The van der Waals surface area contributed by atoms with Crippen LogP contribution in [-0.2, 0) is 20.9 Å². The molecular formula is C15H19NO5. The van der Waals surface area contributed by atoms with Crippen molar-refractivity contribution in [3.63, 3.8) is 0 Å². The van der Waals surface area contributed by atoms with Crippen LogP contribution >= 0.6 is 0 Å². The second kappa shape index (κ2) is 6.58. The molecule has 1 heterocycles. The SMILES string of the molecule is COc1cc(C)cc(CNC(=O)[C@@H]2CC[C@H](C(=O)O)O2)c1. The number of carbonyl (C=O) groups is 2. The number of benzene rings is 1. The highest BCUT2D eigenvalue weighted by molar-refractivity contribution is 5.82. The number of aliphatic carboxylic acids is 1. The van der Waals surface area contributed by atoms with Crippen LogP contribution in [0, 0.1) is 6.92 Å². The van der Waals surface area contributed by atoms with Gasteiger partial charge in [-0.3, -0.25) is 4.79 Å². The van der Waals surface area contributed by atoms with Crippen molar-refractivity contribution in [2.45, 2.75) is 38.5 Å². The number of nitrogens with one attached hydrogen (secondary N) is 1. The van der Waals surface area contributed by atoms with Crippen LogP contribution in [0.1, 0.15) is 24.0 Å². The van der Waals surface area contributed by atoms with E-state index in [2.05, 4.69) is 5.32 Å². The number of ether oxygens (including phenoxy) is 2. The van der Waals surface area contributed by atoms with E-state index >= 15 is 0 Å². The minimum Gasteiger partial charge on any atom is -0.497 e. The van der Waals surface area contributed by atoms with Crippen LogP contribution in [0.2, 0.25) is 0 Å². The maximum atomic E-state index is 12.0. The summed E-state index contributed by atoms with van der Waals surface area (Å²) in [4.78, 5) is 22.8. The molecule has 114 valence electrons. The average molecular weight is 293 g/mol. The Balaban J connectivity index is 1.90. The molecule has 1 aliphatic heterocycles. The molecule has 2 rings (SSSR count). The van der Waals surface area contributed by atoms with Crippen molar-refractivity contribution >= 4 is 11.9 Å². The Morgan fingerprint density at radius 1 is 1.33 bits per heavy atom. The first-order valence-electron chi connectivity index (χ1n) is 6.80. The Morgan fingerprint density at radius 3 is 2.67 bits per heavy atom. The third-order valence-electron chi connectivity index (χ3n) is 3.40. The summed E-state index contributed by atoms with van der Waals surface area (Å²) in [5, 5.41) is 11.6. The molecule has 0 unspecified atom stereocenters. The molecular weight excluding hydrogens is 274 g/mol. The van der Waals surface area contributed by atoms with Gasteiger partial charge in [0.25, 0.3) is 0 Å². The molecule has 1 saturated heterocycles. The van der Waals surface area contributed by atoms with Gasteiger partial charge in [0.2, 0.25) is 5.91 Å². The summed E-state index contributed by atoms with van der Waals surface area (Å²) in [6, 6.07) is 5.71. The van der Waals surface area contributed by atoms with E-state index < -0.39 is 18.2 Å². The lowest BCUT2D eigenvalue weighted by atomic mass is 10.1. The first-order valence-corrected chi connectivity index (χ1v) is 6.80. The minimum absolute atomic E-state index is 0.278. The van der Waals surface area contributed by atoms with Crippen LogP contribution in [0.25, 0.3) is 0 Å². The van der Waals surface area contributed by atoms with Crippen molar-refractivity contribution in [3.05, 3.63) is 29.3 Å². The van der Waals surface area contributed by atoms with Gasteiger partial charge in [-0.05, 0) is 43.0 Å². The quantitative estimate of drug-likeness (QED) is 0.853. The summed E-state index contributed by atoms with van der Waals surface area (Å²) >= 11 is 0. The summed E-state index contributed by atoms with van der Waals surface area (Å²) in [5.41, 5.74) is 1.97. The zero-order chi connectivity index (χ0) is 15.4. The van der Waals surface area contributed by atoms with E-state index in [4.69, 9.17) is 14.6 Å². The lowest BCUT2D eigenvalue weighted by molar-refractivity contribution is -0.151. The highest BCUT2D eigenvalue weighted by atomic mass is 16.5. The van der Waals surface area contributed by atoms with Gasteiger partial charge >= 0.3 is 5.97 Å². The van der Waals surface area contributed by atoms with Gasteiger partial charge in [0.15, 0.2) is 6.10 Å². The van der Waals surface area contributed by atoms with E-state index in [1.165, 1.54) is 0 Å². The Labute approximate surface area is 123 Å². The van der Waals surface area contributed by atoms with Crippen molar-refractivity contribution in [1.29, 1.82) is 0 Å². The maximum Gasteiger partial charge on any atom is 0.332 e. The fourth-order valence-electron chi connectivity index (χ4n) is 2.36. The summed E-state index contributed by atoms with van der Waals surface area (Å²) < 4.78 is 10.4. The maximum absolute atomic E-state index is 12.0. The molecule has 1 fully saturated rings. The molecule has 21 heavy (non-hydrogen) atoms. The number of hydrogen-bond donors (Lipinski definition) is 2. The molecule has 1 aromatic carbocycles. The topological polar surface area (TPSA) is 84.9 Å². The standard InChI is InChI=1S/C15H19NO5/c1-9-5-10(7-11(6-9)20-2)8-16-14(17)12-3-4-13(21-12)15(18)19/h5-7,12-13H,3-4,8H2,1-2H3,(H,16,17)(H,18,19)/t12-,13+/m0/s1. The molecule has 2 atom stereocenters. The number of amides is 1. The van der Waals surface area contributed by atoms with Crippen molar-refractivity contribution < 1.29 is 24.2 Å². The second-order valence-corrected chi connectivity index (χ2v) is 5.11. The molecule has 0 radical (unpaired) electrons. The zero-order valence-corrected chi connectivity index (χ0v) is 12.1. The lowest BCUT2D eigenvalue weighted by Gasteiger charge is -2.12. The van der Waals surface area contributed by atoms with E-state index in [9.17, 15) is 9.59 Å². The van der Waals surface area contributed by atoms with Crippen LogP contribution in [0.15, 0.2) is 18.2 Å². The molecule has 2 N–H and O–H groups in total. The highest BCUT2D eigenvalue weighted by Gasteiger charge is 2.34. The van der Waals surface area contributed by atoms with E-state index in [0.29, 0.717) is 19.4 Å². The molecule has 1 aromatic rings. The number of methoxy groups -OCH3 is 1. The van der Waals surface area contributed by atoms with Crippen LogP contribution in [0.3, 0.4) is 0 Å². The second-order valence-electron chi connectivity index (χ2n) is 5.11. The van der Waals surface area contributed by atoms with Gasteiger partial charge in [-0.1, -0.05) is 6.07 Å². The molecule has 6 heteroatoms. The fraction of sp³-hybridized carbons (Fsp3) is 0.467. The van der Waals surface area contributed by atoms with Gasteiger partial charge in [-0.2, -0.15) is 0 Å². The molecule has 0 spiro atoms. The molecule has 0 aromatic heterocycles. The van der Waals surface area contributed by atoms with Gasteiger partial charge in [0.1, 0.15) is 11.9 Å². The van der Waals surface area contributed by atoms with Crippen LogP contribution in [-0.4, -0.2) is 36.3 Å². The highest BCUT2D eigenvalue weighted by Crippen LogP contribution is 2.20. The third-order valence-corrected chi connectivity index (χ3v) is 3.40. The molecule has 1 amide bonds. The normalized spacial score (nSPS) is 21.0. The van der Waals surface area contributed by atoms with Gasteiger partial charge in [-0.15, -0.1) is 0 Å². The molecule has 1 aliphatic rings. The molecule has 0 aliphatic carbocycles. The number of aryl methyl sites for hydroxylation is 1. The average Bonchev–Trinajstić information content (AvgIpc) is 2.94. The van der Waals surface area contributed by atoms with Crippen LogP contribution < -0.4 is 10.1 Å². The fourth-order valence-corrected chi connectivity index (χ4v) is 2.36. The smallest absolute Gasteiger partial charge is 0.332 e. The van der Waals surface area contributed by atoms with Crippen LogP contribution in [0.5, 0.6) is 5.75 Å². The molecule has 0 bridgehead atoms. The lowest BCUT2D eigenvalue weighted by Crippen LogP contribution is -2.35. The van der Waals surface area contributed by atoms with E-state index in [1.807, 2.05) is 25.1 Å². The largest absolute Gasteiger partial charge is 0.497 e. The third kappa shape index (κ3) is 3.95. The van der Waals surface area contributed by atoms with Crippen LogP contribution in [0.4, 0.5) is 0 Å². The molecule has 6 nitrogen and oxygen atoms in total. The first-order chi connectivity index (χ1) is 9.99. The summed E-state index contributed by atoms with van der Waals surface area (Å²) in [6.45, 7) is 2.31. The van der Waals surface area contributed by atoms with Crippen molar-refractivity contribution in [1.82, 2.24) is 5.32 Å². The Bertz CT molecular complexity index is 543. The number of carboxylic acid groups (broad SMARTS) is 1. The van der Waals surface area contributed by atoms with Crippen molar-refractivity contribution in [3.8, 4) is 5.75 Å². The number of carboxylic acids is 1. The Hall–Kier alpha value is -2.08. The predicted molar refractivity (Wildman–Crippen MR) is 75.1 cm³/mol. The Kier molecular flexibility index (Phi) is 4.80. The van der Waals surface area contributed by atoms with Gasteiger partial charge in [-0.25, -0.2) is 4.79 Å². The minimum atomic E-state index is -1.02. The summed E-state index contributed by atoms with van der Waals surface area (Å²) in [6.07, 6.45) is -0.761. The van der Waals surface area contributed by atoms with E-state index in [1.54, 1.807) is 7.11 Å². The Morgan fingerprint density at radius 2 is 2.05 bits per heavy atom. The van der Waals surface area contributed by atoms with Crippen molar-refractivity contribution in [2.75, 3.05) is 7.11 Å². The number of hydrogen-bond acceptors (Lipinski definition) is 4. The summed E-state index contributed by atoms with van der Waals surface area (Å²) in [5.74, 6) is -0.560. The number of carbonyl (C=O) groups excluding carboxylic acids is 1. The van der Waals surface area contributed by atoms with Gasteiger partial charge in [0.05, 0.1) is 7.11 Å².